The van der Waals surface area contributed by atoms with Crippen molar-refractivity contribution in [2.75, 3.05) is 0 Å². The van der Waals surface area contributed by atoms with Gasteiger partial charge in [-0.2, -0.15) is 10.2 Å². The zero-order valence-corrected chi connectivity index (χ0v) is 14.0. The standard InChI is InChI=1S/C15H22ClN5O/c1-4-5-9-21-14(16)13(12(3)19-21)15(22)18-11(2)10-20-8-6-7-17-20/h6-8,11H,4-5,9-10H2,1-3H3,(H,18,22). The van der Waals surface area contributed by atoms with Crippen LogP contribution >= 0.6 is 11.6 Å². The van der Waals surface area contributed by atoms with Gasteiger partial charge in [0.25, 0.3) is 5.91 Å². The number of halogens is 1. The van der Waals surface area contributed by atoms with Crippen molar-refractivity contribution in [3.63, 3.8) is 0 Å². The predicted octanol–water partition coefficient (Wildman–Crippen LogP) is 2.66. The van der Waals surface area contributed by atoms with Crippen molar-refractivity contribution in [2.45, 2.75) is 52.7 Å². The van der Waals surface area contributed by atoms with Crippen LogP contribution in [0, 0.1) is 6.92 Å². The fourth-order valence-corrected chi connectivity index (χ4v) is 2.64. The summed E-state index contributed by atoms with van der Waals surface area (Å²) in [7, 11) is 0. The molecule has 0 saturated carbocycles. The number of nitrogens with zero attached hydrogens (tertiary/aromatic N) is 4. The van der Waals surface area contributed by atoms with Crippen molar-refractivity contribution in [1.82, 2.24) is 24.9 Å². The first-order valence-electron chi connectivity index (χ1n) is 7.54. The van der Waals surface area contributed by atoms with E-state index in [2.05, 4.69) is 22.4 Å². The Morgan fingerprint density at radius 1 is 1.50 bits per heavy atom. The minimum absolute atomic E-state index is 0.0538. The summed E-state index contributed by atoms with van der Waals surface area (Å²) in [6.45, 7) is 7.19. The van der Waals surface area contributed by atoms with Gasteiger partial charge in [-0.15, -0.1) is 0 Å². The molecule has 0 aliphatic carbocycles. The number of hydrogen-bond donors (Lipinski definition) is 1. The van der Waals surface area contributed by atoms with E-state index in [1.165, 1.54) is 0 Å². The minimum Gasteiger partial charge on any atom is -0.348 e. The molecule has 0 spiro atoms. The van der Waals surface area contributed by atoms with Gasteiger partial charge >= 0.3 is 0 Å². The predicted molar refractivity (Wildman–Crippen MR) is 86.0 cm³/mol. The molecule has 2 aromatic heterocycles. The SMILES string of the molecule is CCCCn1nc(C)c(C(=O)NC(C)Cn2cccn2)c1Cl. The maximum absolute atomic E-state index is 12.4. The Morgan fingerprint density at radius 2 is 2.27 bits per heavy atom. The van der Waals surface area contributed by atoms with Crippen LogP contribution in [0.4, 0.5) is 0 Å². The smallest absolute Gasteiger partial charge is 0.256 e. The van der Waals surface area contributed by atoms with E-state index in [1.54, 1.807) is 22.5 Å². The van der Waals surface area contributed by atoms with Crippen LogP contribution in [0.3, 0.4) is 0 Å². The number of aryl methyl sites for hydroxylation is 2. The van der Waals surface area contributed by atoms with Crippen molar-refractivity contribution in [3.8, 4) is 0 Å². The Balaban J connectivity index is 2.04. The summed E-state index contributed by atoms with van der Waals surface area (Å²) >= 11 is 6.31. The topological polar surface area (TPSA) is 64.7 Å². The van der Waals surface area contributed by atoms with E-state index >= 15 is 0 Å². The fraction of sp³-hybridized carbons (Fsp3) is 0.533. The highest BCUT2D eigenvalue weighted by Crippen LogP contribution is 2.20. The Labute approximate surface area is 135 Å². The van der Waals surface area contributed by atoms with Gasteiger partial charge in [-0.05, 0) is 26.3 Å². The first-order valence-corrected chi connectivity index (χ1v) is 7.92. The van der Waals surface area contributed by atoms with Crippen molar-refractivity contribution in [3.05, 3.63) is 34.9 Å². The molecule has 0 aromatic carbocycles. The lowest BCUT2D eigenvalue weighted by Crippen LogP contribution is -2.36. The number of carbonyl (C=O) groups is 1. The molecule has 2 heterocycles. The second kappa shape index (κ2) is 7.45. The Hall–Kier alpha value is -1.82. The van der Waals surface area contributed by atoms with Gasteiger partial charge in [-0.1, -0.05) is 24.9 Å². The second-order valence-corrected chi connectivity index (χ2v) is 5.79. The Morgan fingerprint density at radius 3 is 2.91 bits per heavy atom. The van der Waals surface area contributed by atoms with Crippen LogP contribution < -0.4 is 5.32 Å². The van der Waals surface area contributed by atoms with Crippen molar-refractivity contribution in [1.29, 1.82) is 0 Å². The summed E-state index contributed by atoms with van der Waals surface area (Å²) in [5, 5.41) is 11.8. The zero-order valence-electron chi connectivity index (χ0n) is 13.2. The molecule has 120 valence electrons. The van der Waals surface area contributed by atoms with E-state index in [9.17, 15) is 4.79 Å². The minimum atomic E-state index is -0.190. The van der Waals surface area contributed by atoms with Crippen LogP contribution in [-0.2, 0) is 13.1 Å². The molecule has 1 N–H and O–H groups in total. The lowest BCUT2D eigenvalue weighted by molar-refractivity contribution is 0.0935. The molecule has 1 amide bonds. The van der Waals surface area contributed by atoms with Gasteiger partial charge in [-0.25, -0.2) is 0 Å². The van der Waals surface area contributed by atoms with E-state index in [0.29, 0.717) is 23.0 Å². The molecule has 0 aliphatic rings. The highest BCUT2D eigenvalue weighted by atomic mass is 35.5. The first kappa shape index (κ1) is 16.5. The van der Waals surface area contributed by atoms with Crippen LogP contribution in [0.15, 0.2) is 18.5 Å². The molecular weight excluding hydrogens is 302 g/mol. The molecule has 0 bridgehead atoms. The number of amides is 1. The quantitative estimate of drug-likeness (QED) is 0.852. The summed E-state index contributed by atoms with van der Waals surface area (Å²) in [5.74, 6) is -0.190. The molecule has 2 aromatic rings. The summed E-state index contributed by atoms with van der Waals surface area (Å²) < 4.78 is 3.48. The van der Waals surface area contributed by atoms with Gasteiger partial charge in [0.15, 0.2) is 0 Å². The average molecular weight is 324 g/mol. The summed E-state index contributed by atoms with van der Waals surface area (Å²) in [4.78, 5) is 12.4. The van der Waals surface area contributed by atoms with E-state index in [4.69, 9.17) is 11.6 Å². The fourth-order valence-electron chi connectivity index (χ4n) is 2.30. The van der Waals surface area contributed by atoms with Crippen molar-refractivity contribution < 1.29 is 4.79 Å². The lowest BCUT2D eigenvalue weighted by atomic mass is 10.2. The van der Waals surface area contributed by atoms with E-state index in [0.717, 1.165) is 19.4 Å². The van der Waals surface area contributed by atoms with Crippen LogP contribution in [0.25, 0.3) is 0 Å². The average Bonchev–Trinajstić information content (AvgIpc) is 3.04. The zero-order chi connectivity index (χ0) is 16.1. The monoisotopic (exact) mass is 323 g/mol. The number of unbranched alkanes of at least 4 members (excludes halogenated alkanes) is 1. The van der Waals surface area contributed by atoms with E-state index in [1.807, 2.05) is 19.2 Å². The highest BCUT2D eigenvalue weighted by Gasteiger charge is 2.21. The van der Waals surface area contributed by atoms with Crippen LogP contribution in [0.1, 0.15) is 42.7 Å². The van der Waals surface area contributed by atoms with Crippen molar-refractivity contribution in [2.24, 2.45) is 0 Å². The van der Waals surface area contributed by atoms with Crippen LogP contribution in [-0.4, -0.2) is 31.5 Å². The normalized spacial score (nSPS) is 12.4. The van der Waals surface area contributed by atoms with Gasteiger partial charge in [-0.3, -0.25) is 14.2 Å². The Kier molecular flexibility index (Phi) is 5.60. The van der Waals surface area contributed by atoms with Crippen molar-refractivity contribution >= 4 is 17.5 Å². The number of rotatable bonds is 7. The number of carbonyl (C=O) groups excluding carboxylic acids is 1. The summed E-state index contributed by atoms with van der Waals surface area (Å²) in [6.07, 6.45) is 5.62. The van der Waals surface area contributed by atoms with Gasteiger partial charge in [0.2, 0.25) is 0 Å². The molecule has 0 aliphatic heterocycles. The van der Waals surface area contributed by atoms with Gasteiger partial charge in [0.1, 0.15) is 5.15 Å². The van der Waals surface area contributed by atoms with Gasteiger partial charge < -0.3 is 5.32 Å². The first-order chi connectivity index (χ1) is 10.5. The van der Waals surface area contributed by atoms with Gasteiger partial charge in [0, 0.05) is 25.0 Å². The molecule has 1 unspecified atom stereocenters. The highest BCUT2D eigenvalue weighted by molar-refractivity contribution is 6.33. The summed E-state index contributed by atoms with van der Waals surface area (Å²) in [5.41, 5.74) is 1.12. The van der Waals surface area contributed by atoms with E-state index in [-0.39, 0.29) is 11.9 Å². The molecule has 0 radical (unpaired) electrons. The largest absolute Gasteiger partial charge is 0.348 e. The molecule has 1 atom stereocenters. The molecule has 7 heteroatoms. The third-order valence-electron chi connectivity index (χ3n) is 3.41. The maximum atomic E-state index is 12.4. The molecule has 2 rings (SSSR count). The molecule has 0 saturated heterocycles. The lowest BCUT2D eigenvalue weighted by Gasteiger charge is -2.14. The number of hydrogen-bond acceptors (Lipinski definition) is 3. The maximum Gasteiger partial charge on any atom is 0.256 e. The summed E-state index contributed by atoms with van der Waals surface area (Å²) in [6, 6.07) is 1.80. The molecule has 6 nitrogen and oxygen atoms in total. The van der Waals surface area contributed by atoms with Crippen LogP contribution in [0.5, 0.6) is 0 Å². The molecule has 22 heavy (non-hydrogen) atoms. The Bertz CT molecular complexity index is 620. The second-order valence-electron chi connectivity index (χ2n) is 5.43. The van der Waals surface area contributed by atoms with Gasteiger partial charge in [0.05, 0.1) is 17.8 Å². The molecular formula is C15H22ClN5O. The van der Waals surface area contributed by atoms with Crippen LogP contribution in [0.2, 0.25) is 5.15 Å². The number of aromatic nitrogens is 4. The molecule has 0 fully saturated rings. The third kappa shape index (κ3) is 3.88. The number of nitrogens with one attached hydrogen (secondary N) is 1. The van der Waals surface area contributed by atoms with E-state index < -0.39 is 0 Å². The third-order valence-corrected chi connectivity index (χ3v) is 3.80.